The van der Waals surface area contributed by atoms with Crippen molar-refractivity contribution in [3.8, 4) is 0 Å². The van der Waals surface area contributed by atoms with Crippen LogP contribution < -0.4 is 0 Å². The highest BCUT2D eigenvalue weighted by Gasteiger charge is 2.33. The van der Waals surface area contributed by atoms with Crippen LogP contribution in [-0.2, 0) is 6.42 Å². The summed E-state index contributed by atoms with van der Waals surface area (Å²) in [6, 6.07) is 11.6. The van der Waals surface area contributed by atoms with Crippen LogP contribution in [0.1, 0.15) is 51.6 Å². The van der Waals surface area contributed by atoms with Crippen molar-refractivity contribution >= 4 is 17.4 Å². The maximum Gasteiger partial charge on any atom is 0.198 e. The number of carbonyl (C=O) groups excluding carboxylic acids is 1. The standard InChI is InChI=1S/C20H15ClFNO2/c21-15-5-1-12(2-6-15)9-14-10-16(22)7-8-17(14)19(24)18-11-23-25-20(18)13-3-4-13/h1-2,5-8,10-11,13H,3-4,9H2. The van der Waals surface area contributed by atoms with Crippen LogP contribution in [0.4, 0.5) is 4.39 Å². The number of halogens is 2. The Morgan fingerprint density at radius 2 is 1.92 bits per heavy atom. The quantitative estimate of drug-likeness (QED) is 0.593. The molecule has 1 fully saturated rings. The molecule has 4 rings (SSSR count). The molecule has 1 aliphatic rings. The molecule has 3 aromatic rings. The fraction of sp³-hybridized carbons (Fsp3) is 0.200. The summed E-state index contributed by atoms with van der Waals surface area (Å²) in [7, 11) is 0. The monoisotopic (exact) mass is 355 g/mol. The molecule has 0 aliphatic heterocycles. The van der Waals surface area contributed by atoms with E-state index in [-0.39, 0.29) is 17.5 Å². The predicted molar refractivity (Wildman–Crippen MR) is 92.6 cm³/mol. The second kappa shape index (κ2) is 6.45. The lowest BCUT2D eigenvalue weighted by atomic mass is 9.94. The zero-order valence-electron chi connectivity index (χ0n) is 13.3. The molecule has 1 aliphatic carbocycles. The normalized spacial score (nSPS) is 13.8. The zero-order chi connectivity index (χ0) is 17.4. The van der Waals surface area contributed by atoms with E-state index in [1.54, 1.807) is 12.1 Å². The van der Waals surface area contributed by atoms with E-state index >= 15 is 0 Å². The van der Waals surface area contributed by atoms with Crippen molar-refractivity contribution in [1.82, 2.24) is 5.16 Å². The molecule has 2 aromatic carbocycles. The average molecular weight is 356 g/mol. The molecule has 1 saturated carbocycles. The summed E-state index contributed by atoms with van der Waals surface area (Å²) < 4.78 is 19.0. The molecule has 25 heavy (non-hydrogen) atoms. The van der Waals surface area contributed by atoms with E-state index in [2.05, 4.69) is 5.16 Å². The second-order valence-corrected chi connectivity index (χ2v) is 6.75. The molecule has 0 unspecified atom stereocenters. The summed E-state index contributed by atoms with van der Waals surface area (Å²) in [5, 5.41) is 4.42. The van der Waals surface area contributed by atoms with E-state index in [1.165, 1.54) is 24.4 Å². The summed E-state index contributed by atoms with van der Waals surface area (Å²) in [4.78, 5) is 13.0. The van der Waals surface area contributed by atoms with Gasteiger partial charge in [-0.25, -0.2) is 4.39 Å². The Hall–Kier alpha value is -2.46. The Kier molecular flexibility index (Phi) is 4.14. The number of ketones is 1. The minimum Gasteiger partial charge on any atom is -0.360 e. The van der Waals surface area contributed by atoms with Crippen molar-refractivity contribution in [3.05, 3.63) is 87.5 Å². The van der Waals surface area contributed by atoms with Gasteiger partial charge in [-0.15, -0.1) is 0 Å². The maximum atomic E-state index is 13.8. The lowest BCUT2D eigenvalue weighted by Crippen LogP contribution is -2.07. The van der Waals surface area contributed by atoms with E-state index in [0.717, 1.165) is 18.4 Å². The first-order valence-electron chi connectivity index (χ1n) is 8.14. The number of aromatic nitrogens is 1. The fourth-order valence-electron chi connectivity index (χ4n) is 2.96. The van der Waals surface area contributed by atoms with E-state index in [0.29, 0.717) is 33.9 Å². The summed E-state index contributed by atoms with van der Waals surface area (Å²) >= 11 is 5.91. The highest BCUT2D eigenvalue weighted by molar-refractivity contribution is 6.30. The van der Waals surface area contributed by atoms with Crippen molar-refractivity contribution < 1.29 is 13.7 Å². The Labute approximate surface area is 149 Å². The molecule has 0 spiro atoms. The Bertz CT molecular complexity index is 929. The van der Waals surface area contributed by atoms with Gasteiger partial charge >= 0.3 is 0 Å². The van der Waals surface area contributed by atoms with Gasteiger partial charge in [-0.2, -0.15) is 0 Å². The number of hydrogen-bond donors (Lipinski definition) is 0. The summed E-state index contributed by atoms with van der Waals surface area (Å²) in [6.45, 7) is 0. The van der Waals surface area contributed by atoms with Gasteiger partial charge < -0.3 is 4.52 Å². The first kappa shape index (κ1) is 16.0. The molecule has 5 heteroatoms. The molecule has 1 aromatic heterocycles. The van der Waals surface area contributed by atoms with Gasteiger partial charge in [0.15, 0.2) is 11.5 Å². The largest absolute Gasteiger partial charge is 0.360 e. The molecule has 1 heterocycles. The van der Waals surface area contributed by atoms with Gasteiger partial charge in [-0.1, -0.05) is 28.9 Å². The van der Waals surface area contributed by atoms with Crippen molar-refractivity contribution in [2.75, 3.05) is 0 Å². The number of benzene rings is 2. The molecule has 126 valence electrons. The van der Waals surface area contributed by atoms with Gasteiger partial charge in [-0.3, -0.25) is 4.79 Å². The van der Waals surface area contributed by atoms with Gasteiger partial charge in [-0.05, 0) is 60.7 Å². The van der Waals surface area contributed by atoms with Crippen LogP contribution in [0.2, 0.25) is 5.02 Å². The lowest BCUT2D eigenvalue weighted by Gasteiger charge is -2.09. The Balaban J connectivity index is 1.70. The van der Waals surface area contributed by atoms with Gasteiger partial charge in [0.05, 0.1) is 11.8 Å². The second-order valence-electron chi connectivity index (χ2n) is 6.31. The van der Waals surface area contributed by atoms with E-state index in [9.17, 15) is 9.18 Å². The first-order valence-corrected chi connectivity index (χ1v) is 8.52. The number of carbonyl (C=O) groups is 1. The Morgan fingerprint density at radius 3 is 2.64 bits per heavy atom. The van der Waals surface area contributed by atoms with Gasteiger partial charge in [0.1, 0.15) is 5.82 Å². The molecule has 3 nitrogen and oxygen atoms in total. The minimum absolute atomic E-state index is 0.174. The minimum atomic E-state index is -0.367. The molecule has 0 atom stereocenters. The molecular formula is C20H15ClFNO2. The average Bonchev–Trinajstić information content (AvgIpc) is 3.33. The summed E-state index contributed by atoms with van der Waals surface area (Å²) in [5.74, 6) is 0.383. The fourth-order valence-corrected chi connectivity index (χ4v) is 3.08. The summed E-state index contributed by atoms with van der Waals surface area (Å²) in [5.41, 5.74) is 2.54. The molecular weight excluding hydrogens is 341 g/mol. The lowest BCUT2D eigenvalue weighted by molar-refractivity contribution is 0.103. The van der Waals surface area contributed by atoms with Crippen LogP contribution in [0, 0.1) is 5.82 Å². The maximum absolute atomic E-state index is 13.8. The van der Waals surface area contributed by atoms with Crippen molar-refractivity contribution in [2.24, 2.45) is 0 Å². The van der Waals surface area contributed by atoms with Gasteiger partial charge in [0, 0.05) is 16.5 Å². The number of nitrogens with zero attached hydrogens (tertiary/aromatic N) is 1. The SMILES string of the molecule is O=C(c1ccc(F)cc1Cc1ccc(Cl)cc1)c1cnoc1C1CC1. The third-order valence-corrected chi connectivity index (χ3v) is 4.66. The molecule has 0 amide bonds. The van der Waals surface area contributed by atoms with Gasteiger partial charge in [0.2, 0.25) is 0 Å². The molecule has 0 N–H and O–H groups in total. The predicted octanol–water partition coefficient (Wildman–Crippen LogP) is 5.17. The van der Waals surface area contributed by atoms with Crippen LogP contribution in [0.3, 0.4) is 0 Å². The summed E-state index contributed by atoms with van der Waals surface area (Å²) in [6.07, 6.45) is 3.93. The smallest absolute Gasteiger partial charge is 0.198 e. The van der Waals surface area contributed by atoms with E-state index in [1.807, 2.05) is 12.1 Å². The highest BCUT2D eigenvalue weighted by Crippen LogP contribution is 2.42. The van der Waals surface area contributed by atoms with Crippen LogP contribution in [0.25, 0.3) is 0 Å². The van der Waals surface area contributed by atoms with Crippen LogP contribution in [0.15, 0.2) is 53.2 Å². The number of rotatable bonds is 5. The topological polar surface area (TPSA) is 43.1 Å². The van der Waals surface area contributed by atoms with E-state index in [4.69, 9.17) is 16.1 Å². The van der Waals surface area contributed by atoms with Crippen molar-refractivity contribution in [2.45, 2.75) is 25.2 Å². The van der Waals surface area contributed by atoms with Crippen LogP contribution in [-0.4, -0.2) is 10.9 Å². The Morgan fingerprint density at radius 1 is 1.16 bits per heavy atom. The van der Waals surface area contributed by atoms with Crippen LogP contribution in [0.5, 0.6) is 0 Å². The number of hydrogen-bond acceptors (Lipinski definition) is 3. The van der Waals surface area contributed by atoms with Gasteiger partial charge in [0.25, 0.3) is 0 Å². The van der Waals surface area contributed by atoms with Crippen molar-refractivity contribution in [1.29, 1.82) is 0 Å². The third-order valence-electron chi connectivity index (χ3n) is 4.41. The van der Waals surface area contributed by atoms with Crippen LogP contribution >= 0.6 is 11.6 Å². The highest BCUT2D eigenvalue weighted by atomic mass is 35.5. The molecule has 0 bridgehead atoms. The molecule has 0 radical (unpaired) electrons. The molecule has 0 saturated heterocycles. The zero-order valence-corrected chi connectivity index (χ0v) is 14.1. The van der Waals surface area contributed by atoms with E-state index < -0.39 is 0 Å². The first-order chi connectivity index (χ1) is 12.1. The third kappa shape index (κ3) is 3.35. The van der Waals surface area contributed by atoms with Crippen molar-refractivity contribution in [3.63, 3.8) is 0 Å².